The lowest BCUT2D eigenvalue weighted by Gasteiger charge is -2.58. The fourth-order valence-electron chi connectivity index (χ4n) is 3.02. The number of hydrogen-bond acceptors (Lipinski definition) is 4. The smallest absolute Gasteiger partial charge is 0.327 e. The summed E-state index contributed by atoms with van der Waals surface area (Å²) in [5.41, 5.74) is 5.73. The van der Waals surface area contributed by atoms with Crippen molar-refractivity contribution in [3.05, 3.63) is 35.9 Å². The van der Waals surface area contributed by atoms with E-state index in [-0.39, 0.29) is 17.3 Å². The molecule has 0 spiro atoms. The Kier molecular flexibility index (Phi) is 4.88. The first-order valence-corrected chi connectivity index (χ1v) is 8.20. The fourth-order valence-corrected chi connectivity index (χ4v) is 3.02. The third-order valence-electron chi connectivity index (χ3n) is 4.93. The average Bonchev–Trinajstić information content (AvgIpc) is 2.45. The predicted molar refractivity (Wildman–Crippen MR) is 90.7 cm³/mol. The van der Waals surface area contributed by atoms with Crippen molar-refractivity contribution in [2.75, 3.05) is 6.61 Å². The van der Waals surface area contributed by atoms with Crippen LogP contribution in [0.2, 0.25) is 0 Å². The van der Waals surface area contributed by atoms with Crippen molar-refractivity contribution < 1.29 is 14.3 Å². The molecule has 1 aliphatic rings. The second-order valence-corrected chi connectivity index (χ2v) is 8.10. The van der Waals surface area contributed by atoms with Gasteiger partial charge in [-0.3, -0.25) is 4.79 Å². The normalized spacial score (nSPS) is 26.4. The maximum atomic E-state index is 12.4. The Balaban J connectivity index is 1.89. The molecule has 2 atom stereocenters. The van der Waals surface area contributed by atoms with Gasteiger partial charge in [0.1, 0.15) is 11.1 Å². The van der Waals surface area contributed by atoms with E-state index in [1.54, 1.807) is 0 Å². The molecular weight excluding hydrogens is 290 g/mol. The number of esters is 1. The van der Waals surface area contributed by atoms with Gasteiger partial charge in [-0.05, 0) is 44.1 Å². The molecule has 2 unspecified atom stereocenters. The minimum absolute atomic E-state index is 0.253. The second kappa shape index (κ2) is 6.25. The minimum Gasteiger partial charge on any atom is -0.459 e. The summed E-state index contributed by atoms with van der Waals surface area (Å²) in [6, 6.07) is 10.1. The third kappa shape index (κ3) is 3.75. The van der Waals surface area contributed by atoms with Crippen molar-refractivity contribution in [1.29, 1.82) is 0 Å². The zero-order chi connectivity index (χ0) is 17.3. The average molecular weight is 319 g/mol. The summed E-state index contributed by atoms with van der Waals surface area (Å²) in [6.45, 7) is 10.8. The van der Waals surface area contributed by atoms with Crippen LogP contribution in [0.1, 0.15) is 46.6 Å². The van der Waals surface area contributed by atoms with Crippen LogP contribution in [-0.2, 0) is 20.9 Å². The van der Waals surface area contributed by atoms with E-state index in [0.717, 1.165) is 5.56 Å². The van der Waals surface area contributed by atoms with Crippen LogP contribution in [0.4, 0.5) is 0 Å². The first-order chi connectivity index (χ1) is 10.6. The minimum atomic E-state index is -0.930. The number of hydrogen-bond donors (Lipinski definition) is 1. The van der Waals surface area contributed by atoms with Gasteiger partial charge in [0.15, 0.2) is 0 Å². The summed E-state index contributed by atoms with van der Waals surface area (Å²) in [7, 11) is 0. The van der Waals surface area contributed by atoms with Gasteiger partial charge >= 0.3 is 5.97 Å². The van der Waals surface area contributed by atoms with Gasteiger partial charge in [-0.1, -0.05) is 44.2 Å². The van der Waals surface area contributed by atoms with Crippen LogP contribution < -0.4 is 5.73 Å². The molecule has 2 N–H and O–H groups in total. The molecule has 0 heterocycles. The molecule has 0 aliphatic heterocycles. The van der Waals surface area contributed by atoms with Gasteiger partial charge in [0.25, 0.3) is 0 Å². The van der Waals surface area contributed by atoms with Crippen molar-refractivity contribution in [2.45, 2.75) is 58.8 Å². The Morgan fingerprint density at radius 1 is 1.26 bits per heavy atom. The van der Waals surface area contributed by atoms with Gasteiger partial charge < -0.3 is 15.2 Å². The quantitative estimate of drug-likeness (QED) is 0.846. The molecule has 4 heteroatoms. The van der Waals surface area contributed by atoms with E-state index < -0.39 is 11.1 Å². The van der Waals surface area contributed by atoms with E-state index in [4.69, 9.17) is 15.2 Å². The predicted octanol–water partition coefficient (Wildman–Crippen LogP) is 3.29. The lowest BCUT2D eigenvalue weighted by atomic mass is 9.50. The highest BCUT2D eigenvalue weighted by atomic mass is 16.6. The summed E-state index contributed by atoms with van der Waals surface area (Å²) < 4.78 is 11.3. The van der Waals surface area contributed by atoms with Crippen molar-refractivity contribution in [1.82, 2.24) is 0 Å². The zero-order valence-corrected chi connectivity index (χ0v) is 14.9. The first-order valence-electron chi connectivity index (χ1n) is 8.20. The van der Waals surface area contributed by atoms with E-state index in [0.29, 0.717) is 19.6 Å². The van der Waals surface area contributed by atoms with Gasteiger partial charge in [-0.15, -0.1) is 0 Å². The molecular formula is C19H29NO3. The Bertz CT molecular complexity index is 547. The van der Waals surface area contributed by atoms with E-state index in [1.807, 2.05) is 65.0 Å². The van der Waals surface area contributed by atoms with Crippen LogP contribution in [0.3, 0.4) is 0 Å². The van der Waals surface area contributed by atoms with Crippen LogP contribution in [0.25, 0.3) is 0 Å². The van der Waals surface area contributed by atoms with E-state index in [1.165, 1.54) is 0 Å². The molecule has 4 nitrogen and oxygen atoms in total. The zero-order valence-electron chi connectivity index (χ0n) is 14.9. The number of carbonyl (C=O) groups is 1. The van der Waals surface area contributed by atoms with E-state index in [9.17, 15) is 4.79 Å². The molecule has 1 aliphatic carbocycles. The van der Waals surface area contributed by atoms with Crippen molar-refractivity contribution in [3.8, 4) is 0 Å². The van der Waals surface area contributed by atoms with Crippen molar-refractivity contribution >= 4 is 5.97 Å². The Labute approximate surface area is 139 Å². The monoisotopic (exact) mass is 319 g/mol. The maximum absolute atomic E-state index is 12.4. The van der Waals surface area contributed by atoms with Gasteiger partial charge in [-0.2, -0.15) is 0 Å². The highest BCUT2D eigenvalue weighted by molar-refractivity contribution is 5.83. The Hall–Kier alpha value is -1.39. The van der Waals surface area contributed by atoms with Crippen molar-refractivity contribution in [2.24, 2.45) is 17.1 Å². The van der Waals surface area contributed by atoms with E-state index >= 15 is 0 Å². The number of rotatable bonds is 5. The molecule has 1 fully saturated rings. The second-order valence-electron chi connectivity index (χ2n) is 8.10. The summed E-state index contributed by atoms with van der Waals surface area (Å²) in [6.07, 6.45) is 0.601. The number of ether oxygens (including phenoxy) is 2. The van der Waals surface area contributed by atoms with Gasteiger partial charge in [0.05, 0.1) is 13.2 Å². The topological polar surface area (TPSA) is 61.5 Å². The Morgan fingerprint density at radius 2 is 1.87 bits per heavy atom. The molecule has 1 aromatic carbocycles. The van der Waals surface area contributed by atoms with Gasteiger partial charge in [0.2, 0.25) is 0 Å². The molecule has 2 rings (SSSR count). The number of carbonyl (C=O) groups excluding carboxylic acids is 1. The molecule has 128 valence electrons. The van der Waals surface area contributed by atoms with Crippen LogP contribution in [0.5, 0.6) is 0 Å². The third-order valence-corrected chi connectivity index (χ3v) is 4.93. The molecule has 0 radical (unpaired) electrons. The molecule has 0 amide bonds. The van der Waals surface area contributed by atoms with Crippen LogP contribution in [0, 0.1) is 11.3 Å². The number of benzene rings is 1. The molecule has 23 heavy (non-hydrogen) atoms. The SMILES string of the molecule is CC(C)(C)OC(=O)C1(N)CC(COCc2ccccc2)C1(C)C. The van der Waals surface area contributed by atoms with E-state index in [2.05, 4.69) is 0 Å². The van der Waals surface area contributed by atoms with Gasteiger partial charge in [0, 0.05) is 0 Å². The van der Waals surface area contributed by atoms with Gasteiger partial charge in [-0.25, -0.2) is 0 Å². The Morgan fingerprint density at radius 3 is 2.39 bits per heavy atom. The summed E-state index contributed by atoms with van der Waals surface area (Å²) >= 11 is 0. The molecule has 0 aromatic heterocycles. The molecule has 1 saturated carbocycles. The lowest BCUT2D eigenvalue weighted by molar-refractivity contribution is -0.186. The number of nitrogens with two attached hydrogens (primary N) is 1. The largest absolute Gasteiger partial charge is 0.459 e. The highest BCUT2D eigenvalue weighted by Crippen LogP contribution is 2.53. The van der Waals surface area contributed by atoms with Crippen LogP contribution in [0.15, 0.2) is 30.3 Å². The maximum Gasteiger partial charge on any atom is 0.327 e. The fraction of sp³-hybridized carbons (Fsp3) is 0.632. The summed E-state index contributed by atoms with van der Waals surface area (Å²) in [5.74, 6) is -0.0574. The highest BCUT2D eigenvalue weighted by Gasteiger charge is 2.63. The molecule has 0 bridgehead atoms. The standard InChI is InChI=1S/C19H29NO3/c1-17(2,3)23-16(21)19(20)11-15(18(19,4)5)13-22-12-14-9-7-6-8-10-14/h6-10,15H,11-13,20H2,1-5H3. The van der Waals surface area contributed by atoms with Crippen molar-refractivity contribution in [3.63, 3.8) is 0 Å². The lowest BCUT2D eigenvalue weighted by Crippen LogP contribution is -2.72. The van der Waals surface area contributed by atoms with Crippen LogP contribution >= 0.6 is 0 Å². The summed E-state index contributed by atoms with van der Waals surface area (Å²) in [5, 5.41) is 0. The van der Waals surface area contributed by atoms with Crippen LogP contribution in [-0.4, -0.2) is 23.7 Å². The molecule has 1 aromatic rings. The first kappa shape index (κ1) is 18.0. The molecule has 0 saturated heterocycles. The summed E-state index contributed by atoms with van der Waals surface area (Å²) in [4.78, 5) is 12.4.